The Labute approximate surface area is 94.3 Å². The number of allylic oxidation sites excluding steroid dienone is 2. The molecule has 2 unspecified atom stereocenters. The van der Waals surface area contributed by atoms with Crippen molar-refractivity contribution in [3.63, 3.8) is 0 Å². The van der Waals surface area contributed by atoms with Crippen LogP contribution < -0.4 is 0 Å². The fourth-order valence-electron chi connectivity index (χ4n) is 1.61. The van der Waals surface area contributed by atoms with Gasteiger partial charge in [-0.1, -0.05) is 13.0 Å². The molecule has 0 heterocycles. The summed E-state index contributed by atoms with van der Waals surface area (Å²) in [6, 6.07) is 0. The van der Waals surface area contributed by atoms with Crippen LogP contribution in [0.4, 0.5) is 0 Å². The lowest BCUT2D eigenvalue weighted by Gasteiger charge is -2.28. The first kappa shape index (κ1) is 12.8. The molecule has 1 N–H and O–H groups in total. The Morgan fingerprint density at radius 3 is 2.56 bits per heavy atom. The minimum Gasteiger partial charge on any atom is -0.396 e. The van der Waals surface area contributed by atoms with Gasteiger partial charge in [-0.2, -0.15) is 0 Å². The fraction of sp³-hybridized carbons (Fsp3) is 0.583. The highest BCUT2D eigenvalue weighted by Crippen LogP contribution is 2.29. The summed E-state index contributed by atoms with van der Waals surface area (Å²) in [6.45, 7) is 4.50. The number of Topliss-reactive ketones (excluding diaryl/α,β-unsaturated/α-hetero) is 2. The standard InChI is InChI=1S/C12H16O4/c1-7(6-13)10(15)9-8(14)4-5-12(2,3)11(9)16/h4-5,7,9,13H,6H2,1-3H3. The largest absolute Gasteiger partial charge is 0.396 e. The molecule has 4 nitrogen and oxygen atoms in total. The predicted octanol–water partition coefficient (Wildman–Crippen LogP) is 0.534. The zero-order valence-corrected chi connectivity index (χ0v) is 9.69. The molecule has 16 heavy (non-hydrogen) atoms. The highest BCUT2D eigenvalue weighted by atomic mass is 16.3. The average Bonchev–Trinajstić information content (AvgIpc) is 2.23. The zero-order chi connectivity index (χ0) is 12.5. The molecule has 1 aliphatic rings. The van der Waals surface area contributed by atoms with E-state index >= 15 is 0 Å². The Bertz CT molecular complexity index is 365. The van der Waals surface area contributed by atoms with Crippen molar-refractivity contribution in [1.82, 2.24) is 0 Å². The molecule has 0 spiro atoms. The summed E-state index contributed by atoms with van der Waals surface area (Å²) in [5.41, 5.74) is -0.788. The van der Waals surface area contributed by atoms with Crippen LogP contribution in [-0.2, 0) is 14.4 Å². The summed E-state index contributed by atoms with van der Waals surface area (Å²) in [4.78, 5) is 35.3. The van der Waals surface area contributed by atoms with Crippen LogP contribution in [-0.4, -0.2) is 29.1 Å². The molecule has 1 rings (SSSR count). The van der Waals surface area contributed by atoms with Crippen LogP contribution in [0.25, 0.3) is 0 Å². The van der Waals surface area contributed by atoms with Gasteiger partial charge >= 0.3 is 0 Å². The maximum atomic E-state index is 11.9. The maximum Gasteiger partial charge on any atom is 0.173 e. The minimum atomic E-state index is -1.23. The number of hydrogen-bond acceptors (Lipinski definition) is 4. The Morgan fingerprint density at radius 2 is 2.06 bits per heavy atom. The molecule has 0 bridgehead atoms. The van der Waals surface area contributed by atoms with E-state index in [4.69, 9.17) is 5.11 Å². The van der Waals surface area contributed by atoms with E-state index in [1.165, 1.54) is 19.1 Å². The van der Waals surface area contributed by atoms with Gasteiger partial charge in [-0.25, -0.2) is 0 Å². The Kier molecular flexibility index (Phi) is 3.43. The number of ketones is 3. The number of carbonyl (C=O) groups is 3. The summed E-state index contributed by atoms with van der Waals surface area (Å²) < 4.78 is 0. The topological polar surface area (TPSA) is 71.4 Å². The van der Waals surface area contributed by atoms with E-state index in [0.717, 1.165) is 0 Å². The number of aliphatic hydroxyl groups is 1. The van der Waals surface area contributed by atoms with E-state index in [9.17, 15) is 14.4 Å². The van der Waals surface area contributed by atoms with E-state index in [-0.39, 0.29) is 12.4 Å². The summed E-state index contributed by atoms with van der Waals surface area (Å²) in [5.74, 6) is -3.27. The summed E-state index contributed by atoms with van der Waals surface area (Å²) >= 11 is 0. The van der Waals surface area contributed by atoms with Crippen molar-refractivity contribution in [2.45, 2.75) is 20.8 Å². The van der Waals surface area contributed by atoms with Crippen molar-refractivity contribution < 1.29 is 19.5 Å². The molecule has 0 aromatic carbocycles. The molecule has 1 aliphatic carbocycles. The van der Waals surface area contributed by atoms with Gasteiger partial charge in [-0.3, -0.25) is 14.4 Å². The van der Waals surface area contributed by atoms with Crippen LogP contribution >= 0.6 is 0 Å². The average molecular weight is 224 g/mol. The monoisotopic (exact) mass is 224 g/mol. The van der Waals surface area contributed by atoms with Gasteiger partial charge in [0.2, 0.25) is 0 Å². The number of rotatable bonds is 3. The molecule has 88 valence electrons. The molecular formula is C12H16O4. The normalized spacial score (nSPS) is 25.6. The van der Waals surface area contributed by atoms with Crippen molar-refractivity contribution in [2.24, 2.45) is 17.3 Å². The molecule has 0 aliphatic heterocycles. The Balaban J connectivity index is 3.05. The van der Waals surface area contributed by atoms with E-state index in [2.05, 4.69) is 0 Å². The third-order valence-electron chi connectivity index (χ3n) is 2.89. The maximum absolute atomic E-state index is 11.9. The highest BCUT2D eigenvalue weighted by molar-refractivity contribution is 6.25. The van der Waals surface area contributed by atoms with Gasteiger partial charge in [0, 0.05) is 11.3 Å². The van der Waals surface area contributed by atoms with E-state index in [1.54, 1.807) is 13.8 Å². The van der Waals surface area contributed by atoms with Crippen LogP contribution in [0.2, 0.25) is 0 Å². The lowest BCUT2D eigenvalue weighted by Crippen LogP contribution is -2.44. The molecule has 0 fully saturated rings. The quantitative estimate of drug-likeness (QED) is 0.710. The first-order chi connectivity index (χ1) is 7.31. The third kappa shape index (κ3) is 2.11. The lowest BCUT2D eigenvalue weighted by molar-refractivity contribution is -0.144. The highest BCUT2D eigenvalue weighted by Gasteiger charge is 2.43. The van der Waals surface area contributed by atoms with Gasteiger partial charge in [0.25, 0.3) is 0 Å². The van der Waals surface area contributed by atoms with Gasteiger partial charge in [0.15, 0.2) is 17.3 Å². The molecule has 0 amide bonds. The Morgan fingerprint density at radius 1 is 1.50 bits per heavy atom. The lowest BCUT2D eigenvalue weighted by atomic mass is 9.72. The first-order valence-corrected chi connectivity index (χ1v) is 5.23. The van der Waals surface area contributed by atoms with Crippen LogP contribution in [0.3, 0.4) is 0 Å². The molecule has 0 aromatic heterocycles. The second-order valence-electron chi connectivity index (χ2n) is 4.74. The van der Waals surface area contributed by atoms with Crippen LogP contribution in [0.5, 0.6) is 0 Å². The van der Waals surface area contributed by atoms with E-state index < -0.39 is 28.8 Å². The summed E-state index contributed by atoms with van der Waals surface area (Å²) in [5, 5.41) is 8.88. The molecular weight excluding hydrogens is 208 g/mol. The van der Waals surface area contributed by atoms with Gasteiger partial charge < -0.3 is 5.11 Å². The predicted molar refractivity (Wildman–Crippen MR) is 57.7 cm³/mol. The van der Waals surface area contributed by atoms with Gasteiger partial charge in [0.1, 0.15) is 5.92 Å². The smallest absolute Gasteiger partial charge is 0.173 e. The minimum absolute atomic E-state index is 0.347. The van der Waals surface area contributed by atoms with Gasteiger partial charge in [-0.05, 0) is 19.9 Å². The molecule has 2 atom stereocenters. The molecule has 0 saturated heterocycles. The number of aliphatic hydroxyl groups excluding tert-OH is 1. The first-order valence-electron chi connectivity index (χ1n) is 5.23. The Hall–Kier alpha value is -1.29. The van der Waals surface area contributed by atoms with Crippen molar-refractivity contribution in [3.05, 3.63) is 12.2 Å². The summed E-state index contributed by atoms with van der Waals surface area (Å²) in [6.07, 6.45) is 2.80. The van der Waals surface area contributed by atoms with Crippen molar-refractivity contribution in [3.8, 4) is 0 Å². The third-order valence-corrected chi connectivity index (χ3v) is 2.89. The fourth-order valence-corrected chi connectivity index (χ4v) is 1.61. The second kappa shape index (κ2) is 4.29. The molecule has 4 heteroatoms. The molecule has 0 saturated carbocycles. The molecule has 0 aromatic rings. The van der Waals surface area contributed by atoms with Gasteiger partial charge in [0.05, 0.1) is 6.61 Å². The number of carbonyl (C=O) groups excluding carboxylic acids is 3. The number of hydrogen-bond donors (Lipinski definition) is 1. The second-order valence-corrected chi connectivity index (χ2v) is 4.74. The SMILES string of the molecule is CC(CO)C(=O)C1C(=O)C=CC(C)(C)C1=O. The van der Waals surface area contributed by atoms with Crippen molar-refractivity contribution in [1.29, 1.82) is 0 Å². The van der Waals surface area contributed by atoms with Crippen LogP contribution in [0, 0.1) is 17.3 Å². The van der Waals surface area contributed by atoms with Gasteiger partial charge in [-0.15, -0.1) is 0 Å². The van der Waals surface area contributed by atoms with Crippen molar-refractivity contribution in [2.75, 3.05) is 6.61 Å². The van der Waals surface area contributed by atoms with E-state index in [0.29, 0.717) is 0 Å². The van der Waals surface area contributed by atoms with Crippen LogP contribution in [0.15, 0.2) is 12.2 Å². The van der Waals surface area contributed by atoms with Crippen LogP contribution in [0.1, 0.15) is 20.8 Å². The summed E-state index contributed by atoms with van der Waals surface area (Å²) in [7, 11) is 0. The molecule has 0 radical (unpaired) electrons. The van der Waals surface area contributed by atoms with Crippen molar-refractivity contribution >= 4 is 17.3 Å². The zero-order valence-electron chi connectivity index (χ0n) is 9.69. The van der Waals surface area contributed by atoms with E-state index in [1.807, 2.05) is 0 Å².